The second-order valence-electron chi connectivity index (χ2n) is 19.0. The number of nitriles is 2. The molecule has 0 atom stereocenters. The number of hydrogen-bond donors (Lipinski definition) is 4. The molecule has 1 amide bonds. The van der Waals surface area contributed by atoms with E-state index in [1.54, 1.807) is 6.07 Å². The fourth-order valence-electron chi connectivity index (χ4n) is 10.3. The fraction of sp³-hybridized carbons (Fsp3) is 0.418. The number of likely N-dealkylation sites (tertiary alicyclic amines) is 1. The summed E-state index contributed by atoms with van der Waals surface area (Å²) in [5.74, 6) is 4.12. The molecule has 2 aliphatic heterocycles. The quantitative estimate of drug-likeness (QED) is 0.114. The van der Waals surface area contributed by atoms with E-state index in [2.05, 4.69) is 78.1 Å². The second kappa shape index (κ2) is 23.1. The SMILES string of the molecule is Cc1nc(-c2cc(C(=O)N3CCC(c4ccc(C#N)cc4)CC3)c(C)cc2C2CCC2)n[nH]1.Cc1nc(-c2cc(C(=O)O)c(C)cc2C2CCCC2)n[nH]1.Cl.N#Cc1ccc(C2CCNCC2)cc1. The lowest BCUT2D eigenvalue weighted by atomic mass is 9.77. The number of aromatic carboxylic acids is 1. The highest BCUT2D eigenvalue weighted by molar-refractivity contribution is 5.97. The van der Waals surface area contributed by atoms with Crippen molar-refractivity contribution in [2.75, 3.05) is 26.2 Å². The van der Waals surface area contributed by atoms with Crippen molar-refractivity contribution in [3.8, 4) is 34.9 Å². The van der Waals surface area contributed by atoms with Crippen LogP contribution >= 0.6 is 12.4 Å². The van der Waals surface area contributed by atoms with Gasteiger partial charge >= 0.3 is 5.97 Å². The number of aromatic amines is 2. The number of rotatable bonds is 8. The van der Waals surface area contributed by atoms with E-state index in [-0.39, 0.29) is 18.3 Å². The Bertz CT molecular complexity index is 2800. The number of carboxylic acid groups (broad SMARTS) is 1. The molecular formula is C55H63ClN10O3. The third kappa shape index (κ3) is 12.0. The minimum atomic E-state index is -0.904. The van der Waals surface area contributed by atoms with Crippen LogP contribution in [0.15, 0.2) is 72.8 Å². The van der Waals surface area contributed by atoms with Gasteiger partial charge in [0.25, 0.3) is 5.91 Å². The van der Waals surface area contributed by atoms with Crippen LogP contribution in [0.1, 0.15) is 171 Å². The van der Waals surface area contributed by atoms with Crippen LogP contribution in [-0.4, -0.2) is 78.4 Å². The molecule has 6 aromatic rings. The van der Waals surface area contributed by atoms with Gasteiger partial charge < -0.3 is 15.3 Å². The van der Waals surface area contributed by atoms with Crippen LogP contribution in [0.25, 0.3) is 22.8 Å². The Morgan fingerprint density at radius 3 is 1.43 bits per heavy atom. The average Bonchev–Trinajstić information content (AvgIpc) is 4.15. The van der Waals surface area contributed by atoms with Gasteiger partial charge in [0.15, 0.2) is 11.6 Å². The number of aryl methyl sites for hydroxylation is 4. The van der Waals surface area contributed by atoms with Gasteiger partial charge in [0.2, 0.25) is 0 Å². The summed E-state index contributed by atoms with van der Waals surface area (Å²) in [6, 6.07) is 28.2. The zero-order chi connectivity index (χ0) is 47.7. The summed E-state index contributed by atoms with van der Waals surface area (Å²) in [5, 5.41) is 44.8. The molecule has 4 fully saturated rings. The maximum absolute atomic E-state index is 13.5. The lowest BCUT2D eigenvalue weighted by Crippen LogP contribution is -2.38. The molecule has 0 spiro atoms. The molecule has 10 rings (SSSR count). The number of piperidine rings is 2. The number of nitrogens with one attached hydrogen (secondary N) is 3. The Balaban J connectivity index is 0.000000167. The number of nitrogens with zero attached hydrogens (tertiary/aromatic N) is 7. The topological polar surface area (TPSA) is 200 Å². The monoisotopic (exact) mass is 946 g/mol. The van der Waals surface area contributed by atoms with Gasteiger partial charge in [0.05, 0.1) is 28.8 Å². The normalized spacial score (nSPS) is 16.4. The predicted octanol–water partition coefficient (Wildman–Crippen LogP) is 11.1. The van der Waals surface area contributed by atoms with Gasteiger partial charge in [0, 0.05) is 29.8 Å². The van der Waals surface area contributed by atoms with Crippen molar-refractivity contribution in [1.29, 1.82) is 10.5 Å². The third-order valence-electron chi connectivity index (χ3n) is 14.4. The molecule has 13 nitrogen and oxygen atoms in total. The van der Waals surface area contributed by atoms with Crippen molar-refractivity contribution in [2.45, 2.75) is 122 Å². The molecule has 2 saturated heterocycles. The van der Waals surface area contributed by atoms with Crippen molar-refractivity contribution in [2.24, 2.45) is 0 Å². The van der Waals surface area contributed by atoms with E-state index < -0.39 is 5.97 Å². The van der Waals surface area contributed by atoms with Crippen molar-refractivity contribution < 1.29 is 14.7 Å². The van der Waals surface area contributed by atoms with Gasteiger partial charge in [-0.1, -0.05) is 55.7 Å². The molecule has 4 N–H and O–H groups in total. The number of aromatic nitrogens is 6. The minimum absolute atomic E-state index is 0. The smallest absolute Gasteiger partial charge is 0.335 e. The molecule has 358 valence electrons. The summed E-state index contributed by atoms with van der Waals surface area (Å²) >= 11 is 0. The Labute approximate surface area is 411 Å². The molecule has 4 aromatic carbocycles. The molecular weight excluding hydrogens is 884 g/mol. The number of halogens is 1. The summed E-state index contributed by atoms with van der Waals surface area (Å²) in [4.78, 5) is 35.9. The Morgan fingerprint density at radius 2 is 1.03 bits per heavy atom. The zero-order valence-electron chi connectivity index (χ0n) is 40.1. The van der Waals surface area contributed by atoms with Gasteiger partial charge in [-0.2, -0.15) is 20.7 Å². The number of hydrogen-bond acceptors (Lipinski definition) is 9. The molecule has 0 radical (unpaired) electrons. The number of carbonyl (C=O) groups is 2. The maximum Gasteiger partial charge on any atom is 0.335 e. The van der Waals surface area contributed by atoms with E-state index in [1.807, 2.05) is 69.0 Å². The molecule has 2 aromatic heterocycles. The van der Waals surface area contributed by atoms with Crippen molar-refractivity contribution in [3.63, 3.8) is 0 Å². The highest BCUT2D eigenvalue weighted by atomic mass is 35.5. The van der Waals surface area contributed by atoms with Crippen molar-refractivity contribution in [3.05, 3.63) is 140 Å². The number of carboxylic acids is 1. The predicted molar refractivity (Wildman–Crippen MR) is 270 cm³/mol. The second-order valence-corrected chi connectivity index (χ2v) is 19.0. The Kier molecular flexibility index (Phi) is 16.8. The van der Waals surface area contributed by atoms with Crippen LogP contribution in [-0.2, 0) is 0 Å². The largest absolute Gasteiger partial charge is 0.478 e. The Hall–Kier alpha value is -6.67. The molecule has 4 heterocycles. The highest BCUT2D eigenvalue weighted by Gasteiger charge is 2.30. The summed E-state index contributed by atoms with van der Waals surface area (Å²) in [5.41, 5.74) is 11.3. The maximum atomic E-state index is 13.5. The Morgan fingerprint density at radius 1 is 0.594 bits per heavy atom. The van der Waals surface area contributed by atoms with Crippen LogP contribution in [0.2, 0.25) is 0 Å². The van der Waals surface area contributed by atoms with Gasteiger partial charge in [-0.3, -0.25) is 15.0 Å². The van der Waals surface area contributed by atoms with E-state index in [0.29, 0.717) is 46.4 Å². The van der Waals surface area contributed by atoms with Gasteiger partial charge in [-0.05, 0) is 186 Å². The lowest BCUT2D eigenvalue weighted by Gasteiger charge is -2.33. The van der Waals surface area contributed by atoms with Gasteiger partial charge in [-0.15, -0.1) is 12.4 Å². The van der Waals surface area contributed by atoms with Crippen LogP contribution in [0.3, 0.4) is 0 Å². The fourth-order valence-corrected chi connectivity index (χ4v) is 10.3. The number of amides is 1. The lowest BCUT2D eigenvalue weighted by molar-refractivity contribution is 0.0692. The molecule has 2 saturated carbocycles. The highest BCUT2D eigenvalue weighted by Crippen LogP contribution is 2.43. The number of benzene rings is 4. The van der Waals surface area contributed by atoms with Crippen LogP contribution in [0.5, 0.6) is 0 Å². The number of carbonyl (C=O) groups excluding carboxylic acids is 1. The summed E-state index contributed by atoms with van der Waals surface area (Å²) in [6.45, 7) is 11.4. The average molecular weight is 948 g/mol. The van der Waals surface area contributed by atoms with Crippen LogP contribution in [0.4, 0.5) is 0 Å². The van der Waals surface area contributed by atoms with Crippen LogP contribution in [0, 0.1) is 50.4 Å². The van der Waals surface area contributed by atoms with Gasteiger partial charge in [0.1, 0.15) is 11.6 Å². The molecule has 0 bridgehead atoms. The third-order valence-corrected chi connectivity index (χ3v) is 14.4. The summed E-state index contributed by atoms with van der Waals surface area (Å²) in [6.07, 6.45) is 12.7. The summed E-state index contributed by atoms with van der Waals surface area (Å²) in [7, 11) is 0. The number of H-pyrrole nitrogens is 2. The van der Waals surface area contributed by atoms with E-state index in [1.165, 1.54) is 67.2 Å². The van der Waals surface area contributed by atoms with E-state index >= 15 is 0 Å². The molecule has 0 unspecified atom stereocenters. The van der Waals surface area contributed by atoms with E-state index in [9.17, 15) is 14.7 Å². The first-order chi connectivity index (χ1) is 33.0. The minimum Gasteiger partial charge on any atom is -0.478 e. The van der Waals surface area contributed by atoms with E-state index in [4.69, 9.17) is 10.5 Å². The molecule has 14 heteroatoms. The van der Waals surface area contributed by atoms with Crippen molar-refractivity contribution in [1.82, 2.24) is 40.6 Å². The first-order valence-corrected chi connectivity index (χ1v) is 24.3. The van der Waals surface area contributed by atoms with Crippen LogP contribution < -0.4 is 5.32 Å². The first-order valence-electron chi connectivity index (χ1n) is 24.3. The van der Waals surface area contributed by atoms with E-state index in [0.717, 1.165) is 96.9 Å². The molecule has 69 heavy (non-hydrogen) atoms. The molecule has 2 aliphatic carbocycles. The standard InChI is InChI=1S/C27H29N5O.C16H19N3O2.C12H14N2.ClH/c1-17-14-24(22-4-3-5-22)25(26-29-18(2)30-31-26)15-23(17)27(33)32-12-10-21(11-13-32)20-8-6-19(16-28)7-9-20;1-9-7-13(11-5-3-4-6-11)14(8-12(9)16(20)21)15-17-10(2)18-19-15;13-9-10-1-3-11(4-2-10)12-5-7-14-8-6-12;/h6-9,14-15,21-22H,3-5,10-13H2,1-2H3,(H,29,30,31);7-8,11H,3-6H2,1-2H3,(H,20,21)(H,17,18,19);1-4,12,14H,5-8H2;1H. The van der Waals surface area contributed by atoms with Crippen molar-refractivity contribution >= 4 is 24.3 Å². The zero-order valence-corrected chi connectivity index (χ0v) is 41.0. The molecule has 4 aliphatic rings. The summed E-state index contributed by atoms with van der Waals surface area (Å²) < 4.78 is 0. The first kappa shape index (κ1) is 50.2. The van der Waals surface area contributed by atoms with Gasteiger partial charge in [-0.25, -0.2) is 14.8 Å².